The van der Waals surface area contributed by atoms with Crippen molar-refractivity contribution in [3.05, 3.63) is 0 Å². The summed E-state index contributed by atoms with van der Waals surface area (Å²) in [7, 11) is 6.11. The number of rotatable bonds is 36. The van der Waals surface area contributed by atoms with Crippen LogP contribution in [0.5, 0.6) is 0 Å². The second-order valence-electron chi connectivity index (χ2n) is 14.0. The van der Waals surface area contributed by atoms with E-state index in [4.69, 9.17) is 18.9 Å². The van der Waals surface area contributed by atoms with E-state index >= 15 is 0 Å². The molecule has 11 nitrogen and oxygen atoms in total. The van der Waals surface area contributed by atoms with Crippen LogP contribution >= 0.6 is 23.5 Å². The number of nitrogens with zero attached hydrogens (tertiary/aromatic N) is 3. The fourth-order valence-electron chi connectivity index (χ4n) is 5.06. The quantitative estimate of drug-likeness (QED) is 0.0397. The van der Waals surface area contributed by atoms with Crippen molar-refractivity contribution in [1.82, 2.24) is 14.7 Å². The Kier molecular flexibility index (Phi) is 34.1. The molecule has 0 bridgehead atoms. The van der Waals surface area contributed by atoms with Gasteiger partial charge in [0, 0.05) is 24.6 Å². The van der Waals surface area contributed by atoms with E-state index in [-0.39, 0.29) is 62.1 Å². The summed E-state index contributed by atoms with van der Waals surface area (Å²) in [6, 6.07) is 0. The minimum absolute atomic E-state index is 0.0890. The SMILES string of the molecule is CCCCCCCSCC(C)C(=O)OCCOC(=O)CCN(C)CCCN(C)CCCN(C)CCC(=O)OCCOC(=O)C(C)CSCCCCC. The highest BCUT2D eigenvalue weighted by atomic mass is 32.2. The van der Waals surface area contributed by atoms with Gasteiger partial charge in [0.2, 0.25) is 0 Å². The Morgan fingerprint density at radius 2 is 0.827 bits per heavy atom. The molecule has 306 valence electrons. The zero-order valence-corrected chi connectivity index (χ0v) is 35.6. The number of hydrogen-bond donors (Lipinski definition) is 0. The van der Waals surface area contributed by atoms with Crippen molar-refractivity contribution >= 4 is 47.4 Å². The van der Waals surface area contributed by atoms with Crippen molar-refractivity contribution in [2.24, 2.45) is 11.8 Å². The van der Waals surface area contributed by atoms with Crippen molar-refractivity contribution < 1.29 is 38.1 Å². The standard InChI is InChI=1S/C39H75N3O8S2/c1-8-10-12-13-15-31-52-33-35(4)39(46)50-29-27-48-37(44)19-25-42(7)23-17-21-40(5)20-16-22-41(6)24-18-36(43)47-26-28-49-38(45)34(3)32-51-30-14-11-9-2/h34-35H,8-33H2,1-7H3. The molecule has 0 saturated heterocycles. The molecule has 0 heterocycles. The van der Waals surface area contributed by atoms with Crippen molar-refractivity contribution in [3.63, 3.8) is 0 Å². The average Bonchev–Trinajstić information content (AvgIpc) is 3.12. The number of esters is 4. The molecular formula is C39H75N3O8S2. The van der Waals surface area contributed by atoms with Crippen LogP contribution in [0.2, 0.25) is 0 Å². The molecule has 13 heteroatoms. The second kappa shape index (κ2) is 35.2. The zero-order chi connectivity index (χ0) is 38.8. The Hall–Kier alpha value is -1.54. The minimum atomic E-state index is -0.281. The summed E-state index contributed by atoms with van der Waals surface area (Å²) in [4.78, 5) is 55.1. The van der Waals surface area contributed by atoms with Crippen LogP contribution in [0.15, 0.2) is 0 Å². The molecule has 2 unspecified atom stereocenters. The van der Waals surface area contributed by atoms with Crippen LogP contribution in [0.3, 0.4) is 0 Å². The number of hydrogen-bond acceptors (Lipinski definition) is 13. The molecule has 0 aromatic rings. The van der Waals surface area contributed by atoms with Crippen molar-refractivity contribution in [2.75, 3.05) is 110 Å². The molecule has 0 spiro atoms. The first-order chi connectivity index (χ1) is 25.0. The first-order valence-corrected chi connectivity index (χ1v) is 22.2. The van der Waals surface area contributed by atoms with Crippen molar-refractivity contribution in [1.29, 1.82) is 0 Å². The Bertz CT molecular complexity index is 917. The highest BCUT2D eigenvalue weighted by molar-refractivity contribution is 7.99. The average molecular weight is 778 g/mol. The highest BCUT2D eigenvalue weighted by Gasteiger charge is 2.16. The van der Waals surface area contributed by atoms with Crippen molar-refractivity contribution in [3.8, 4) is 0 Å². The molecule has 0 aliphatic carbocycles. The van der Waals surface area contributed by atoms with Gasteiger partial charge in [-0.3, -0.25) is 19.2 Å². The molecule has 0 rings (SSSR count). The maximum atomic E-state index is 12.2. The maximum Gasteiger partial charge on any atom is 0.309 e. The van der Waals surface area contributed by atoms with E-state index in [1.807, 2.05) is 27.9 Å². The summed E-state index contributed by atoms with van der Waals surface area (Å²) in [6.07, 6.45) is 12.4. The molecule has 2 atom stereocenters. The molecule has 0 fully saturated rings. The third-order valence-electron chi connectivity index (χ3n) is 8.56. The van der Waals surface area contributed by atoms with Crippen molar-refractivity contribution in [2.45, 2.75) is 105 Å². The molecule has 0 aliphatic rings. The number of unbranched alkanes of at least 4 members (excludes halogenated alkanes) is 6. The lowest BCUT2D eigenvalue weighted by Gasteiger charge is -2.21. The Morgan fingerprint density at radius 1 is 0.481 bits per heavy atom. The molecule has 0 aromatic heterocycles. The minimum Gasteiger partial charge on any atom is -0.462 e. The predicted molar refractivity (Wildman–Crippen MR) is 216 cm³/mol. The lowest BCUT2D eigenvalue weighted by atomic mass is 10.2. The van der Waals surface area contributed by atoms with E-state index in [0.717, 1.165) is 62.0 Å². The zero-order valence-electron chi connectivity index (χ0n) is 34.0. The summed E-state index contributed by atoms with van der Waals surface area (Å²) in [6.45, 7) is 13.4. The van der Waals surface area contributed by atoms with E-state index < -0.39 is 0 Å². The molecule has 0 amide bonds. The lowest BCUT2D eigenvalue weighted by molar-refractivity contribution is -0.154. The number of thioether (sulfide) groups is 2. The van der Waals surface area contributed by atoms with Crippen LogP contribution in [0, 0.1) is 11.8 Å². The monoisotopic (exact) mass is 777 g/mol. The molecule has 52 heavy (non-hydrogen) atoms. The van der Waals surface area contributed by atoms with Gasteiger partial charge in [-0.15, -0.1) is 0 Å². The highest BCUT2D eigenvalue weighted by Crippen LogP contribution is 2.14. The second-order valence-corrected chi connectivity index (χ2v) is 16.3. The molecule has 0 N–H and O–H groups in total. The number of carbonyl (C=O) groups excluding carboxylic acids is 4. The van der Waals surface area contributed by atoms with Gasteiger partial charge in [0.15, 0.2) is 0 Å². The van der Waals surface area contributed by atoms with E-state index in [0.29, 0.717) is 25.9 Å². The number of ether oxygens (including phenoxy) is 4. The molecule has 0 saturated carbocycles. The third-order valence-corrected chi connectivity index (χ3v) is 11.2. The molecular weight excluding hydrogens is 703 g/mol. The smallest absolute Gasteiger partial charge is 0.309 e. The van der Waals surface area contributed by atoms with Gasteiger partial charge in [-0.1, -0.05) is 66.2 Å². The summed E-state index contributed by atoms with van der Waals surface area (Å²) in [5, 5.41) is 0. The van der Waals surface area contributed by atoms with Gasteiger partial charge in [-0.05, 0) is 84.5 Å². The Labute approximate surface area is 325 Å². The number of carbonyl (C=O) groups is 4. The molecule has 0 aliphatic heterocycles. The summed E-state index contributed by atoms with van der Waals surface area (Å²) in [5.74, 6) is 2.31. The summed E-state index contributed by atoms with van der Waals surface area (Å²) >= 11 is 3.59. The third kappa shape index (κ3) is 31.9. The van der Waals surface area contributed by atoms with Crippen LogP contribution < -0.4 is 0 Å². The van der Waals surface area contributed by atoms with Gasteiger partial charge >= 0.3 is 23.9 Å². The first kappa shape index (κ1) is 50.5. The van der Waals surface area contributed by atoms with E-state index in [1.165, 1.54) is 51.4 Å². The van der Waals surface area contributed by atoms with Gasteiger partial charge in [-0.2, -0.15) is 23.5 Å². The van der Waals surface area contributed by atoms with Gasteiger partial charge in [0.25, 0.3) is 0 Å². The summed E-state index contributed by atoms with van der Waals surface area (Å²) < 4.78 is 21.1. The van der Waals surface area contributed by atoms with Crippen LogP contribution in [0.25, 0.3) is 0 Å². The fourth-order valence-corrected chi connectivity index (χ4v) is 7.19. The molecule has 0 aromatic carbocycles. The van der Waals surface area contributed by atoms with E-state index in [9.17, 15) is 19.2 Å². The van der Waals surface area contributed by atoms with Crippen LogP contribution in [-0.4, -0.2) is 148 Å². The molecule has 0 radical (unpaired) electrons. The Balaban J connectivity index is 3.78. The van der Waals surface area contributed by atoms with Gasteiger partial charge in [-0.25, -0.2) is 0 Å². The summed E-state index contributed by atoms with van der Waals surface area (Å²) in [5.41, 5.74) is 0. The van der Waals surface area contributed by atoms with Crippen LogP contribution in [0.1, 0.15) is 105 Å². The normalized spacial score (nSPS) is 12.7. The van der Waals surface area contributed by atoms with Crippen LogP contribution in [0.4, 0.5) is 0 Å². The van der Waals surface area contributed by atoms with Gasteiger partial charge in [0.05, 0.1) is 24.7 Å². The van der Waals surface area contributed by atoms with Gasteiger partial charge < -0.3 is 33.6 Å². The largest absolute Gasteiger partial charge is 0.462 e. The van der Waals surface area contributed by atoms with E-state index in [1.54, 1.807) is 23.5 Å². The fraction of sp³-hybridized carbons (Fsp3) is 0.897. The van der Waals surface area contributed by atoms with Crippen LogP contribution in [-0.2, 0) is 38.1 Å². The predicted octanol–water partition coefficient (Wildman–Crippen LogP) is 6.41. The topological polar surface area (TPSA) is 115 Å². The van der Waals surface area contributed by atoms with Gasteiger partial charge in [0.1, 0.15) is 26.4 Å². The van der Waals surface area contributed by atoms with E-state index in [2.05, 4.69) is 35.6 Å². The maximum absolute atomic E-state index is 12.2. The first-order valence-electron chi connectivity index (χ1n) is 19.9. The Morgan fingerprint density at radius 3 is 1.25 bits per heavy atom. The lowest BCUT2D eigenvalue weighted by Crippen LogP contribution is -2.30.